The predicted octanol–water partition coefficient (Wildman–Crippen LogP) is 1.58. The minimum atomic E-state index is -0.0232. The van der Waals surface area contributed by atoms with Crippen molar-refractivity contribution in [2.24, 2.45) is 10.7 Å². The molecule has 3 aromatic heterocycles. The lowest BCUT2D eigenvalue weighted by Gasteiger charge is -2.11. The first-order chi connectivity index (χ1) is 13.2. The van der Waals surface area contributed by atoms with E-state index in [0.29, 0.717) is 35.9 Å². The van der Waals surface area contributed by atoms with Gasteiger partial charge in [-0.3, -0.25) is 9.98 Å². The maximum absolute atomic E-state index is 8.83. The molecule has 3 rings (SSSR count). The Morgan fingerprint density at radius 1 is 1.15 bits per heavy atom. The molecule has 8 nitrogen and oxygen atoms in total. The molecule has 0 aromatic carbocycles. The fourth-order valence-electron chi connectivity index (χ4n) is 2.46. The van der Waals surface area contributed by atoms with Crippen LogP contribution in [-0.2, 0) is 6.54 Å². The number of nitrogens with two attached hydrogens (primary N) is 2. The predicted molar refractivity (Wildman–Crippen MR) is 108 cm³/mol. The van der Waals surface area contributed by atoms with Crippen molar-refractivity contribution in [3.8, 4) is 0 Å². The van der Waals surface area contributed by atoms with E-state index in [2.05, 4.69) is 25.3 Å². The molecular formula is C19H21N7O. The molecule has 8 heteroatoms. The van der Waals surface area contributed by atoms with E-state index in [9.17, 15) is 0 Å². The van der Waals surface area contributed by atoms with E-state index in [0.717, 1.165) is 16.7 Å². The number of aromatic nitrogens is 3. The average molecular weight is 363 g/mol. The van der Waals surface area contributed by atoms with E-state index in [4.69, 9.17) is 16.6 Å². The molecule has 6 N–H and O–H groups in total. The summed E-state index contributed by atoms with van der Waals surface area (Å²) in [5.41, 5.74) is 16.0. The molecule has 0 saturated heterocycles. The van der Waals surface area contributed by atoms with Gasteiger partial charge in [0.05, 0.1) is 47.8 Å². The minimum absolute atomic E-state index is 0.0232. The number of pyridine rings is 3. The number of anilines is 2. The van der Waals surface area contributed by atoms with Crippen molar-refractivity contribution < 1.29 is 5.11 Å². The fourth-order valence-corrected chi connectivity index (χ4v) is 2.46. The molecule has 0 fully saturated rings. The van der Waals surface area contributed by atoms with Crippen molar-refractivity contribution in [1.29, 1.82) is 0 Å². The van der Waals surface area contributed by atoms with Gasteiger partial charge >= 0.3 is 0 Å². The summed E-state index contributed by atoms with van der Waals surface area (Å²) in [6.07, 6.45) is 4.74. The average Bonchev–Trinajstić information content (AvgIpc) is 2.71. The molecule has 0 aliphatic heterocycles. The van der Waals surface area contributed by atoms with Crippen LogP contribution < -0.4 is 16.8 Å². The molecule has 0 radical (unpaired) electrons. The van der Waals surface area contributed by atoms with Crippen LogP contribution in [0.15, 0.2) is 53.8 Å². The summed E-state index contributed by atoms with van der Waals surface area (Å²) in [6, 6.07) is 11.1. The van der Waals surface area contributed by atoms with E-state index in [-0.39, 0.29) is 6.61 Å². The van der Waals surface area contributed by atoms with Gasteiger partial charge in [-0.1, -0.05) is 0 Å². The molecule has 138 valence electrons. The highest BCUT2D eigenvalue weighted by atomic mass is 16.3. The number of nitrogens with one attached hydrogen (secondary N) is 1. The molecule has 0 bridgehead atoms. The molecule has 0 spiro atoms. The number of allylic oxidation sites excluding steroid dienone is 1. The van der Waals surface area contributed by atoms with Crippen LogP contribution in [0.1, 0.15) is 11.4 Å². The van der Waals surface area contributed by atoms with Crippen molar-refractivity contribution >= 4 is 34.3 Å². The summed E-state index contributed by atoms with van der Waals surface area (Å²) < 4.78 is 0. The highest BCUT2D eigenvalue weighted by Crippen LogP contribution is 2.20. The molecule has 27 heavy (non-hydrogen) atoms. The maximum atomic E-state index is 8.83. The third kappa shape index (κ3) is 4.56. The van der Waals surface area contributed by atoms with Gasteiger partial charge in [-0.05, 0) is 36.4 Å². The Morgan fingerprint density at radius 3 is 2.85 bits per heavy atom. The van der Waals surface area contributed by atoms with Crippen LogP contribution in [-0.4, -0.2) is 39.4 Å². The molecule has 0 saturated carbocycles. The van der Waals surface area contributed by atoms with Crippen LogP contribution in [0.4, 0.5) is 11.5 Å². The summed E-state index contributed by atoms with van der Waals surface area (Å²) in [5, 5.41) is 12.0. The number of aliphatic imine (C=N–C) groups is 1. The minimum Gasteiger partial charge on any atom is -0.404 e. The van der Waals surface area contributed by atoms with Crippen LogP contribution in [0, 0.1) is 0 Å². The molecule has 3 heterocycles. The first kappa shape index (κ1) is 18.3. The normalized spacial score (nSPS) is 12.0. The second-order valence-electron chi connectivity index (χ2n) is 5.71. The number of nitrogen functional groups attached to an aromatic ring is 1. The zero-order chi connectivity index (χ0) is 19.1. The van der Waals surface area contributed by atoms with Gasteiger partial charge in [0.2, 0.25) is 0 Å². The largest absolute Gasteiger partial charge is 0.404 e. The molecule has 0 unspecified atom stereocenters. The fraction of sp³-hybridized carbons (Fsp3) is 0.158. The van der Waals surface area contributed by atoms with Gasteiger partial charge < -0.3 is 21.9 Å². The van der Waals surface area contributed by atoms with Gasteiger partial charge in [0.25, 0.3) is 0 Å². The number of hydrogen-bond acceptors (Lipinski definition) is 8. The lowest BCUT2D eigenvalue weighted by atomic mass is 10.2. The van der Waals surface area contributed by atoms with Crippen LogP contribution in [0.25, 0.3) is 16.6 Å². The summed E-state index contributed by atoms with van der Waals surface area (Å²) in [5.74, 6) is 0.537. The lowest BCUT2D eigenvalue weighted by Crippen LogP contribution is -2.08. The Labute approximate surface area is 156 Å². The number of hydrogen-bond donors (Lipinski definition) is 4. The van der Waals surface area contributed by atoms with E-state index in [1.165, 1.54) is 6.20 Å². The van der Waals surface area contributed by atoms with E-state index in [1.54, 1.807) is 24.5 Å². The zero-order valence-electron chi connectivity index (χ0n) is 14.7. The molecule has 0 atom stereocenters. The van der Waals surface area contributed by atoms with Gasteiger partial charge in [0.15, 0.2) is 0 Å². The Balaban J connectivity index is 1.77. The van der Waals surface area contributed by atoms with Crippen LogP contribution in [0.2, 0.25) is 0 Å². The Morgan fingerprint density at radius 2 is 2.04 bits per heavy atom. The Bertz CT molecular complexity index is 985. The SMILES string of the molecule is NC=C(C=NCCO)c1ccc(N)c(NCc2ccc3ncccc3n2)n1. The quantitative estimate of drug-likeness (QED) is 0.468. The molecule has 3 aromatic rings. The number of aliphatic hydroxyl groups is 1. The van der Waals surface area contributed by atoms with Gasteiger partial charge in [-0.2, -0.15) is 0 Å². The van der Waals surface area contributed by atoms with Crippen LogP contribution >= 0.6 is 0 Å². The highest BCUT2D eigenvalue weighted by molar-refractivity contribution is 6.09. The Hall–Kier alpha value is -3.52. The van der Waals surface area contributed by atoms with Crippen LogP contribution in [0.5, 0.6) is 0 Å². The van der Waals surface area contributed by atoms with E-state index < -0.39 is 0 Å². The van der Waals surface area contributed by atoms with Gasteiger partial charge in [0, 0.05) is 24.2 Å². The summed E-state index contributed by atoms with van der Waals surface area (Å²) in [6.45, 7) is 0.746. The van der Waals surface area contributed by atoms with Gasteiger partial charge in [-0.25, -0.2) is 9.97 Å². The van der Waals surface area contributed by atoms with Crippen molar-refractivity contribution in [2.75, 3.05) is 24.2 Å². The topological polar surface area (TPSA) is 135 Å². The maximum Gasteiger partial charge on any atom is 0.150 e. The van der Waals surface area contributed by atoms with Gasteiger partial charge in [0.1, 0.15) is 5.82 Å². The highest BCUT2D eigenvalue weighted by Gasteiger charge is 2.07. The van der Waals surface area contributed by atoms with Crippen molar-refractivity contribution in [3.63, 3.8) is 0 Å². The number of rotatable bonds is 7. The molecular weight excluding hydrogens is 342 g/mol. The van der Waals surface area contributed by atoms with Gasteiger partial charge in [-0.15, -0.1) is 0 Å². The third-order valence-corrected chi connectivity index (χ3v) is 3.81. The zero-order valence-corrected chi connectivity index (χ0v) is 14.7. The lowest BCUT2D eigenvalue weighted by molar-refractivity contribution is 0.307. The first-order valence-corrected chi connectivity index (χ1v) is 8.45. The number of fused-ring (bicyclic) bond motifs is 1. The first-order valence-electron chi connectivity index (χ1n) is 8.45. The van der Waals surface area contributed by atoms with Crippen molar-refractivity contribution in [2.45, 2.75) is 6.54 Å². The summed E-state index contributed by atoms with van der Waals surface area (Å²) >= 11 is 0. The van der Waals surface area contributed by atoms with E-state index >= 15 is 0 Å². The van der Waals surface area contributed by atoms with Crippen molar-refractivity contribution in [3.05, 3.63) is 60.2 Å². The summed E-state index contributed by atoms with van der Waals surface area (Å²) in [4.78, 5) is 17.4. The monoisotopic (exact) mass is 363 g/mol. The second-order valence-corrected chi connectivity index (χ2v) is 5.71. The number of aliphatic hydroxyl groups excluding tert-OH is 1. The smallest absolute Gasteiger partial charge is 0.150 e. The molecule has 0 amide bonds. The van der Waals surface area contributed by atoms with Crippen molar-refractivity contribution in [1.82, 2.24) is 15.0 Å². The number of nitrogens with zero attached hydrogens (tertiary/aromatic N) is 4. The molecule has 0 aliphatic carbocycles. The summed E-state index contributed by atoms with van der Waals surface area (Å²) in [7, 11) is 0. The van der Waals surface area contributed by atoms with Crippen LogP contribution in [0.3, 0.4) is 0 Å². The molecule has 0 aliphatic rings. The third-order valence-electron chi connectivity index (χ3n) is 3.81. The second kappa shape index (κ2) is 8.72. The standard InChI is InChI=1S/C19H21N7O/c20-10-13(11-22-8-9-27)16-6-4-15(21)19(26-16)24-12-14-3-5-17-18(25-14)2-1-7-23-17/h1-7,10-11,27H,8-9,12,20-21H2,(H,24,26). The Kier molecular flexibility index (Phi) is 5.91. The van der Waals surface area contributed by atoms with E-state index in [1.807, 2.05) is 24.3 Å².